The standard InChI is InChI=1S/C17H16N4O2S/c1-21-13-4-2-3-5-14(13)24-17(21)20-15(22)12-8-6-11(7-9-12)10-19-16(18)23/h2-9H,10H2,1H3,(H3,18,19,23). The van der Waals surface area contributed by atoms with Crippen LogP contribution in [-0.2, 0) is 13.6 Å². The molecule has 0 fully saturated rings. The minimum absolute atomic E-state index is 0.299. The van der Waals surface area contributed by atoms with E-state index >= 15 is 0 Å². The van der Waals surface area contributed by atoms with E-state index in [-0.39, 0.29) is 5.91 Å². The Morgan fingerprint density at radius 3 is 2.54 bits per heavy atom. The molecule has 0 unspecified atom stereocenters. The zero-order valence-corrected chi connectivity index (χ0v) is 13.8. The summed E-state index contributed by atoms with van der Waals surface area (Å²) in [5, 5.41) is 2.50. The van der Waals surface area contributed by atoms with E-state index in [4.69, 9.17) is 5.73 Å². The topological polar surface area (TPSA) is 89.5 Å². The molecule has 122 valence electrons. The highest BCUT2D eigenvalue weighted by molar-refractivity contribution is 7.16. The maximum Gasteiger partial charge on any atom is 0.312 e. The van der Waals surface area contributed by atoms with Crippen LogP contribution in [0.3, 0.4) is 0 Å². The minimum atomic E-state index is -0.581. The lowest BCUT2D eigenvalue weighted by Crippen LogP contribution is -2.28. The number of nitrogens with two attached hydrogens (primary N) is 1. The van der Waals surface area contributed by atoms with Crippen molar-refractivity contribution in [2.24, 2.45) is 17.8 Å². The Labute approximate surface area is 142 Å². The second kappa shape index (κ2) is 6.67. The highest BCUT2D eigenvalue weighted by Gasteiger charge is 2.07. The van der Waals surface area contributed by atoms with Gasteiger partial charge in [0.05, 0.1) is 10.2 Å². The number of aromatic nitrogens is 1. The molecule has 7 heteroatoms. The van der Waals surface area contributed by atoms with Crippen LogP contribution >= 0.6 is 11.3 Å². The molecule has 0 atom stereocenters. The Morgan fingerprint density at radius 2 is 1.88 bits per heavy atom. The minimum Gasteiger partial charge on any atom is -0.352 e. The highest BCUT2D eigenvalue weighted by Crippen LogP contribution is 2.15. The van der Waals surface area contributed by atoms with Crippen LogP contribution in [0.15, 0.2) is 53.5 Å². The molecule has 3 N–H and O–H groups in total. The van der Waals surface area contributed by atoms with Gasteiger partial charge in [-0.25, -0.2) is 4.79 Å². The zero-order valence-electron chi connectivity index (χ0n) is 13.0. The average molecular weight is 340 g/mol. The van der Waals surface area contributed by atoms with Gasteiger partial charge in [-0.1, -0.05) is 35.6 Å². The molecule has 0 radical (unpaired) electrons. The Balaban J connectivity index is 1.85. The van der Waals surface area contributed by atoms with Crippen molar-refractivity contribution in [2.75, 3.05) is 0 Å². The molecule has 3 rings (SSSR count). The lowest BCUT2D eigenvalue weighted by molar-refractivity contribution is 0.0998. The molecule has 2 aromatic carbocycles. The summed E-state index contributed by atoms with van der Waals surface area (Å²) in [7, 11) is 1.89. The molecule has 3 aromatic rings. The van der Waals surface area contributed by atoms with Crippen LogP contribution in [0.25, 0.3) is 10.2 Å². The molecule has 1 heterocycles. The largest absolute Gasteiger partial charge is 0.352 e. The van der Waals surface area contributed by atoms with E-state index in [1.54, 1.807) is 24.3 Å². The van der Waals surface area contributed by atoms with Gasteiger partial charge in [0.1, 0.15) is 0 Å². The van der Waals surface area contributed by atoms with Crippen LogP contribution in [0, 0.1) is 0 Å². The number of benzene rings is 2. The number of amides is 3. The van der Waals surface area contributed by atoms with Gasteiger partial charge in [0.25, 0.3) is 5.91 Å². The van der Waals surface area contributed by atoms with E-state index in [0.29, 0.717) is 16.9 Å². The first-order valence-electron chi connectivity index (χ1n) is 7.30. The number of rotatable bonds is 3. The second-order valence-electron chi connectivity index (χ2n) is 5.24. The van der Waals surface area contributed by atoms with Gasteiger partial charge in [-0.2, -0.15) is 4.99 Å². The van der Waals surface area contributed by atoms with E-state index in [1.165, 1.54) is 11.3 Å². The number of fused-ring (bicyclic) bond motifs is 1. The monoisotopic (exact) mass is 340 g/mol. The van der Waals surface area contributed by atoms with Gasteiger partial charge in [0.15, 0.2) is 4.80 Å². The average Bonchev–Trinajstić information content (AvgIpc) is 2.90. The highest BCUT2D eigenvalue weighted by atomic mass is 32.1. The summed E-state index contributed by atoms with van der Waals surface area (Å²) in [4.78, 5) is 27.9. The number of hydrogen-bond donors (Lipinski definition) is 2. The fraction of sp³-hybridized carbons (Fsp3) is 0.118. The number of hydrogen-bond acceptors (Lipinski definition) is 3. The third-order valence-corrected chi connectivity index (χ3v) is 4.69. The number of thiazole rings is 1. The van der Waals surface area contributed by atoms with Crippen molar-refractivity contribution in [3.63, 3.8) is 0 Å². The summed E-state index contributed by atoms with van der Waals surface area (Å²) in [6, 6.07) is 14.3. The van der Waals surface area contributed by atoms with E-state index in [1.807, 2.05) is 35.9 Å². The molecule has 0 aliphatic heterocycles. The van der Waals surface area contributed by atoms with Crippen molar-refractivity contribution >= 4 is 33.5 Å². The number of nitrogens with one attached hydrogen (secondary N) is 1. The van der Waals surface area contributed by atoms with Gasteiger partial charge in [-0.05, 0) is 29.8 Å². The molecule has 0 saturated carbocycles. The van der Waals surface area contributed by atoms with E-state index in [0.717, 1.165) is 15.8 Å². The van der Waals surface area contributed by atoms with Crippen molar-refractivity contribution in [3.05, 3.63) is 64.5 Å². The Hall–Kier alpha value is -2.93. The normalized spacial score (nSPS) is 11.6. The summed E-state index contributed by atoms with van der Waals surface area (Å²) in [6.45, 7) is 0.326. The van der Waals surface area contributed by atoms with Gasteiger partial charge >= 0.3 is 6.03 Å². The van der Waals surface area contributed by atoms with Crippen molar-refractivity contribution in [2.45, 2.75) is 6.54 Å². The first kappa shape index (κ1) is 15.9. The number of nitrogens with zero attached hydrogens (tertiary/aromatic N) is 2. The molecular formula is C17H16N4O2S. The SMILES string of the molecule is Cn1c(=NC(=O)c2ccc(CNC(N)=O)cc2)sc2ccccc21. The number of para-hydroxylation sites is 1. The quantitative estimate of drug-likeness (QED) is 0.765. The summed E-state index contributed by atoms with van der Waals surface area (Å²) in [6.07, 6.45) is 0. The molecule has 6 nitrogen and oxygen atoms in total. The van der Waals surface area contributed by atoms with Crippen LogP contribution in [-0.4, -0.2) is 16.5 Å². The van der Waals surface area contributed by atoms with Crippen molar-refractivity contribution in [1.29, 1.82) is 0 Å². The van der Waals surface area contributed by atoms with Gasteiger partial charge < -0.3 is 15.6 Å². The van der Waals surface area contributed by atoms with Crippen LogP contribution < -0.4 is 15.9 Å². The second-order valence-corrected chi connectivity index (χ2v) is 6.25. The molecular weight excluding hydrogens is 324 g/mol. The predicted octanol–water partition coefficient (Wildman–Crippen LogP) is 2.15. The molecule has 0 saturated heterocycles. The number of urea groups is 1. The summed E-state index contributed by atoms with van der Waals surface area (Å²) in [5.74, 6) is -0.299. The first-order chi connectivity index (χ1) is 11.5. The smallest absolute Gasteiger partial charge is 0.312 e. The zero-order chi connectivity index (χ0) is 17.1. The molecule has 3 amide bonds. The van der Waals surface area contributed by atoms with Gasteiger partial charge in [0.2, 0.25) is 0 Å². The van der Waals surface area contributed by atoms with Crippen molar-refractivity contribution < 1.29 is 9.59 Å². The molecule has 0 aliphatic rings. The van der Waals surface area contributed by atoms with Crippen LogP contribution in [0.1, 0.15) is 15.9 Å². The third kappa shape index (κ3) is 3.36. The maximum atomic E-state index is 12.4. The van der Waals surface area contributed by atoms with Gasteiger partial charge in [-0.3, -0.25) is 4.79 Å². The molecule has 1 aromatic heterocycles. The molecule has 0 aliphatic carbocycles. The summed E-state index contributed by atoms with van der Waals surface area (Å²) >= 11 is 1.48. The Bertz CT molecular complexity index is 970. The number of carbonyl (C=O) groups excluding carboxylic acids is 2. The van der Waals surface area contributed by atoms with E-state index in [2.05, 4.69) is 10.3 Å². The van der Waals surface area contributed by atoms with Crippen LogP contribution in [0.2, 0.25) is 0 Å². The van der Waals surface area contributed by atoms with Crippen molar-refractivity contribution in [3.8, 4) is 0 Å². The molecule has 0 bridgehead atoms. The van der Waals surface area contributed by atoms with Gasteiger partial charge in [-0.15, -0.1) is 0 Å². The van der Waals surface area contributed by atoms with E-state index in [9.17, 15) is 9.59 Å². The van der Waals surface area contributed by atoms with E-state index < -0.39 is 6.03 Å². The summed E-state index contributed by atoms with van der Waals surface area (Å²) in [5.41, 5.74) is 7.43. The van der Waals surface area contributed by atoms with Crippen LogP contribution in [0.5, 0.6) is 0 Å². The van der Waals surface area contributed by atoms with Crippen molar-refractivity contribution in [1.82, 2.24) is 9.88 Å². The predicted molar refractivity (Wildman–Crippen MR) is 93.6 cm³/mol. The molecule has 0 spiro atoms. The summed E-state index contributed by atoms with van der Waals surface area (Å²) < 4.78 is 2.99. The maximum absolute atomic E-state index is 12.4. The fourth-order valence-electron chi connectivity index (χ4n) is 2.29. The first-order valence-corrected chi connectivity index (χ1v) is 8.12. The number of aryl methyl sites for hydroxylation is 1. The van der Waals surface area contributed by atoms with Gasteiger partial charge in [0, 0.05) is 19.2 Å². The third-order valence-electron chi connectivity index (χ3n) is 3.58. The number of carbonyl (C=O) groups is 2. The fourth-order valence-corrected chi connectivity index (χ4v) is 3.31. The number of primary amides is 1. The lowest BCUT2D eigenvalue weighted by Gasteiger charge is -2.02. The molecule has 24 heavy (non-hydrogen) atoms. The Morgan fingerprint density at radius 1 is 1.17 bits per heavy atom. The lowest BCUT2D eigenvalue weighted by atomic mass is 10.1. The Kier molecular flexibility index (Phi) is 4.43. The van der Waals surface area contributed by atoms with Crippen LogP contribution in [0.4, 0.5) is 4.79 Å².